The normalized spacial score (nSPS) is 11.4. The summed E-state index contributed by atoms with van der Waals surface area (Å²) in [6.45, 7) is 6.43. The Morgan fingerprint density at radius 2 is 2.00 bits per heavy atom. The molecule has 0 atom stereocenters. The van der Waals surface area contributed by atoms with E-state index in [0.29, 0.717) is 17.1 Å². The lowest BCUT2D eigenvalue weighted by Crippen LogP contribution is -2.49. The monoisotopic (exact) mass is 268 g/mol. The van der Waals surface area contributed by atoms with Crippen molar-refractivity contribution >= 4 is 17.5 Å². The highest BCUT2D eigenvalue weighted by atomic mass is 35.5. The first-order chi connectivity index (χ1) is 8.41. The first-order valence-corrected chi connectivity index (χ1v) is 6.63. The van der Waals surface area contributed by atoms with Gasteiger partial charge in [-0.15, -0.1) is 0 Å². The first kappa shape index (κ1) is 15.0. The van der Waals surface area contributed by atoms with Crippen LogP contribution in [0.15, 0.2) is 18.2 Å². The maximum atomic E-state index is 12.0. The van der Waals surface area contributed by atoms with Crippen molar-refractivity contribution in [3.8, 4) is 0 Å². The third-order valence-electron chi connectivity index (χ3n) is 3.43. The predicted molar refractivity (Wildman–Crippen MR) is 76.0 cm³/mol. The van der Waals surface area contributed by atoms with Crippen LogP contribution in [0.2, 0.25) is 5.02 Å². The molecule has 0 fully saturated rings. The van der Waals surface area contributed by atoms with E-state index in [9.17, 15) is 4.79 Å². The molecule has 0 aromatic heterocycles. The van der Waals surface area contributed by atoms with Gasteiger partial charge in [-0.2, -0.15) is 0 Å². The number of carbonyl (C=O) groups is 1. The van der Waals surface area contributed by atoms with Crippen molar-refractivity contribution in [2.24, 2.45) is 5.73 Å². The van der Waals surface area contributed by atoms with Gasteiger partial charge in [-0.25, -0.2) is 0 Å². The molecule has 0 radical (unpaired) electrons. The summed E-state index contributed by atoms with van der Waals surface area (Å²) in [6.07, 6.45) is 1.67. The Hall–Kier alpha value is -1.06. The van der Waals surface area contributed by atoms with Crippen LogP contribution in [0.4, 0.5) is 0 Å². The molecule has 0 spiro atoms. The molecule has 1 amide bonds. The Labute approximate surface area is 114 Å². The van der Waals surface area contributed by atoms with Gasteiger partial charge in [-0.3, -0.25) is 4.79 Å². The molecule has 3 N–H and O–H groups in total. The van der Waals surface area contributed by atoms with Gasteiger partial charge in [0.25, 0.3) is 5.91 Å². The number of benzene rings is 1. The van der Waals surface area contributed by atoms with Crippen molar-refractivity contribution in [2.75, 3.05) is 6.54 Å². The maximum Gasteiger partial charge on any atom is 0.251 e. The largest absolute Gasteiger partial charge is 0.350 e. The van der Waals surface area contributed by atoms with Crippen molar-refractivity contribution in [3.05, 3.63) is 34.3 Å². The van der Waals surface area contributed by atoms with E-state index >= 15 is 0 Å². The second-order valence-electron chi connectivity index (χ2n) is 4.72. The molecule has 0 aliphatic carbocycles. The van der Waals surface area contributed by atoms with Crippen LogP contribution in [0.25, 0.3) is 0 Å². The number of nitrogens with two attached hydrogens (primary N) is 1. The Morgan fingerprint density at radius 1 is 1.39 bits per heavy atom. The molecule has 0 aliphatic rings. The highest BCUT2D eigenvalue weighted by Gasteiger charge is 2.21. The topological polar surface area (TPSA) is 55.1 Å². The summed E-state index contributed by atoms with van der Waals surface area (Å²) in [4.78, 5) is 12.0. The van der Waals surface area contributed by atoms with Crippen LogP contribution in [0.1, 0.15) is 42.6 Å². The summed E-state index contributed by atoms with van der Waals surface area (Å²) in [5.74, 6) is -0.105. The van der Waals surface area contributed by atoms with Crippen LogP contribution in [0.5, 0.6) is 0 Å². The van der Waals surface area contributed by atoms with E-state index in [1.807, 2.05) is 20.8 Å². The van der Waals surface area contributed by atoms with Gasteiger partial charge in [0.15, 0.2) is 0 Å². The average Bonchev–Trinajstić information content (AvgIpc) is 2.38. The minimum atomic E-state index is -0.322. The summed E-state index contributed by atoms with van der Waals surface area (Å²) < 4.78 is 0. The third kappa shape index (κ3) is 3.72. The SMILES string of the molecule is CCC(N)(CC)CNC(=O)c1ccc(Cl)c(C)c1. The number of halogens is 1. The number of rotatable bonds is 5. The molecule has 0 saturated heterocycles. The quantitative estimate of drug-likeness (QED) is 0.863. The van der Waals surface area contributed by atoms with Crippen LogP contribution in [-0.4, -0.2) is 18.0 Å². The van der Waals surface area contributed by atoms with Gasteiger partial charge in [0.1, 0.15) is 0 Å². The van der Waals surface area contributed by atoms with Gasteiger partial charge in [0, 0.05) is 22.7 Å². The first-order valence-electron chi connectivity index (χ1n) is 6.25. The lowest BCUT2D eigenvalue weighted by atomic mass is 9.94. The highest BCUT2D eigenvalue weighted by Crippen LogP contribution is 2.16. The second-order valence-corrected chi connectivity index (χ2v) is 5.12. The summed E-state index contributed by atoms with van der Waals surface area (Å²) in [7, 11) is 0. The van der Waals surface area contributed by atoms with Crippen molar-refractivity contribution < 1.29 is 4.79 Å². The molecular weight excluding hydrogens is 248 g/mol. The molecule has 18 heavy (non-hydrogen) atoms. The maximum absolute atomic E-state index is 12.0. The smallest absolute Gasteiger partial charge is 0.251 e. The molecule has 1 aromatic carbocycles. The Bertz CT molecular complexity index is 428. The van der Waals surface area contributed by atoms with Crippen molar-refractivity contribution in [1.29, 1.82) is 0 Å². The Kier molecular flexibility index (Phi) is 5.17. The predicted octanol–water partition coefficient (Wildman–Crippen LogP) is 2.90. The average molecular weight is 269 g/mol. The minimum Gasteiger partial charge on any atom is -0.350 e. The summed E-state index contributed by atoms with van der Waals surface area (Å²) in [6, 6.07) is 5.25. The standard InChI is InChI=1S/C14H21ClN2O/c1-4-14(16,5-2)9-17-13(18)11-6-7-12(15)10(3)8-11/h6-8H,4-5,9,16H2,1-3H3,(H,17,18). The number of aryl methyl sites for hydroxylation is 1. The minimum absolute atomic E-state index is 0.105. The van der Waals surface area contributed by atoms with Gasteiger partial charge in [-0.05, 0) is 43.5 Å². The summed E-state index contributed by atoms with van der Waals surface area (Å²) in [5.41, 5.74) is 7.33. The molecule has 0 heterocycles. The van der Waals surface area contributed by atoms with Crippen LogP contribution in [0, 0.1) is 6.92 Å². The van der Waals surface area contributed by atoms with E-state index in [1.54, 1.807) is 18.2 Å². The highest BCUT2D eigenvalue weighted by molar-refractivity contribution is 6.31. The molecule has 3 nitrogen and oxygen atoms in total. The number of carbonyl (C=O) groups excluding carboxylic acids is 1. The van der Waals surface area contributed by atoms with Gasteiger partial charge >= 0.3 is 0 Å². The van der Waals surface area contributed by atoms with E-state index in [-0.39, 0.29) is 11.4 Å². The molecule has 1 rings (SSSR count). The summed E-state index contributed by atoms with van der Waals surface area (Å²) >= 11 is 5.93. The van der Waals surface area contributed by atoms with Crippen molar-refractivity contribution in [3.63, 3.8) is 0 Å². The number of amides is 1. The fourth-order valence-electron chi connectivity index (χ4n) is 1.64. The lowest BCUT2D eigenvalue weighted by Gasteiger charge is -2.26. The Morgan fingerprint density at radius 3 is 2.50 bits per heavy atom. The van der Waals surface area contributed by atoms with Gasteiger partial charge in [-0.1, -0.05) is 25.4 Å². The third-order valence-corrected chi connectivity index (χ3v) is 3.85. The zero-order chi connectivity index (χ0) is 13.8. The molecule has 100 valence electrons. The van der Waals surface area contributed by atoms with Crippen LogP contribution in [-0.2, 0) is 0 Å². The number of hydrogen-bond acceptors (Lipinski definition) is 2. The summed E-state index contributed by atoms with van der Waals surface area (Å²) in [5, 5.41) is 3.55. The van der Waals surface area contributed by atoms with E-state index in [1.165, 1.54) is 0 Å². The van der Waals surface area contributed by atoms with Crippen LogP contribution < -0.4 is 11.1 Å². The van der Waals surface area contributed by atoms with Gasteiger partial charge < -0.3 is 11.1 Å². The fraction of sp³-hybridized carbons (Fsp3) is 0.500. The second kappa shape index (κ2) is 6.21. The van der Waals surface area contributed by atoms with E-state index in [2.05, 4.69) is 5.32 Å². The van der Waals surface area contributed by atoms with Gasteiger partial charge in [0.2, 0.25) is 0 Å². The zero-order valence-corrected chi connectivity index (χ0v) is 12.0. The van der Waals surface area contributed by atoms with Gasteiger partial charge in [0.05, 0.1) is 0 Å². The van der Waals surface area contributed by atoms with Crippen molar-refractivity contribution in [1.82, 2.24) is 5.32 Å². The molecule has 0 aliphatic heterocycles. The lowest BCUT2D eigenvalue weighted by molar-refractivity contribution is 0.0942. The number of nitrogens with one attached hydrogen (secondary N) is 1. The van der Waals surface area contributed by atoms with Crippen LogP contribution in [0.3, 0.4) is 0 Å². The van der Waals surface area contributed by atoms with Crippen molar-refractivity contribution in [2.45, 2.75) is 39.2 Å². The van der Waals surface area contributed by atoms with E-state index in [0.717, 1.165) is 18.4 Å². The molecular formula is C14H21ClN2O. The molecule has 0 unspecified atom stereocenters. The van der Waals surface area contributed by atoms with E-state index in [4.69, 9.17) is 17.3 Å². The molecule has 1 aromatic rings. The molecule has 0 bridgehead atoms. The zero-order valence-electron chi connectivity index (χ0n) is 11.2. The van der Waals surface area contributed by atoms with E-state index < -0.39 is 0 Å². The Balaban J connectivity index is 2.68. The van der Waals surface area contributed by atoms with Crippen LogP contribution >= 0.6 is 11.6 Å². The molecule has 4 heteroatoms. The molecule has 0 saturated carbocycles. The fourth-order valence-corrected chi connectivity index (χ4v) is 1.76. The number of hydrogen-bond donors (Lipinski definition) is 2.